The average Bonchev–Trinajstić information content (AvgIpc) is 3.14. The van der Waals surface area contributed by atoms with Gasteiger partial charge in [0.05, 0.1) is 10.9 Å². The van der Waals surface area contributed by atoms with Crippen LogP contribution >= 0.6 is 11.8 Å². The van der Waals surface area contributed by atoms with Gasteiger partial charge in [-0.25, -0.2) is 0 Å². The van der Waals surface area contributed by atoms with Gasteiger partial charge in [-0.15, -0.1) is 11.8 Å². The molecule has 30 heavy (non-hydrogen) atoms. The highest BCUT2D eigenvalue weighted by molar-refractivity contribution is 8.00. The molecule has 2 heterocycles. The topological polar surface area (TPSA) is 48.0 Å². The average molecular weight is 429 g/mol. The lowest BCUT2D eigenvalue weighted by Crippen LogP contribution is -2.39. The van der Waals surface area contributed by atoms with Gasteiger partial charge in [0.25, 0.3) is 0 Å². The minimum absolute atomic E-state index is 0.0445. The van der Waals surface area contributed by atoms with Gasteiger partial charge in [-0.1, -0.05) is 51.0 Å². The third-order valence-electron chi connectivity index (χ3n) is 6.97. The number of nitrogens with one attached hydrogen (secondary N) is 2. The maximum atomic E-state index is 11.5. The molecule has 1 aliphatic rings. The summed E-state index contributed by atoms with van der Waals surface area (Å²) >= 11 is 2.11. The van der Waals surface area contributed by atoms with Crippen LogP contribution in [0.25, 0.3) is 10.9 Å². The van der Waals surface area contributed by atoms with Gasteiger partial charge >= 0.3 is 0 Å². The largest absolute Gasteiger partial charge is 0.388 e. The van der Waals surface area contributed by atoms with E-state index in [2.05, 4.69) is 74.0 Å². The van der Waals surface area contributed by atoms with Crippen LogP contribution in [0.4, 0.5) is 0 Å². The number of hydrogen-bond acceptors (Lipinski definition) is 3. The van der Waals surface area contributed by atoms with Gasteiger partial charge in [0.15, 0.2) is 0 Å². The Labute approximate surface area is 187 Å². The molecule has 0 saturated heterocycles. The zero-order valence-electron chi connectivity index (χ0n) is 19.5. The Morgan fingerprint density at radius 1 is 1.23 bits per heavy atom. The molecule has 1 aromatic carbocycles. The minimum Gasteiger partial charge on any atom is -0.388 e. The summed E-state index contributed by atoms with van der Waals surface area (Å²) in [6, 6.07) is 8.74. The smallest absolute Gasteiger partial charge is 0.0793 e. The Morgan fingerprint density at radius 3 is 2.67 bits per heavy atom. The highest BCUT2D eigenvalue weighted by Crippen LogP contribution is 2.52. The SMILES string of the molecule is CCCC1(CC(CNC)C(O)/C(CC)=C(/C)CC)SCCc2c1[nH]c1ccccc21. The molecule has 3 atom stereocenters. The van der Waals surface area contributed by atoms with Crippen LogP contribution in [0.5, 0.6) is 0 Å². The maximum Gasteiger partial charge on any atom is 0.0793 e. The van der Waals surface area contributed by atoms with Gasteiger partial charge in [0.1, 0.15) is 0 Å². The molecular weight excluding hydrogens is 388 g/mol. The molecule has 2 aromatic rings. The Balaban J connectivity index is 2.04. The second-order valence-corrected chi connectivity index (χ2v) is 10.3. The van der Waals surface area contributed by atoms with Crippen LogP contribution in [0.1, 0.15) is 71.1 Å². The van der Waals surface area contributed by atoms with Crippen molar-refractivity contribution in [2.45, 2.75) is 77.1 Å². The number of aliphatic hydroxyl groups excluding tert-OH is 1. The summed E-state index contributed by atoms with van der Waals surface area (Å²) in [5, 5.41) is 16.3. The maximum absolute atomic E-state index is 11.5. The highest BCUT2D eigenvalue weighted by Gasteiger charge is 2.42. The standard InChI is InChI=1S/C26H40N2OS/c1-6-14-26(16-19(17-27-5)24(29)20(8-3)18(4)7-2)25-22(13-15-30-26)21-11-9-10-12-23(21)28-25/h9-12,19,24,27-29H,6-8,13-17H2,1-5H3/b20-18-. The first kappa shape index (κ1) is 23.4. The molecule has 1 aromatic heterocycles. The molecule has 3 N–H and O–H groups in total. The number of aliphatic hydroxyl groups is 1. The molecule has 4 heteroatoms. The summed E-state index contributed by atoms with van der Waals surface area (Å²) in [5.41, 5.74) is 6.77. The van der Waals surface area contributed by atoms with Crippen LogP contribution < -0.4 is 5.32 Å². The van der Waals surface area contributed by atoms with E-state index in [1.807, 2.05) is 7.05 Å². The van der Waals surface area contributed by atoms with E-state index < -0.39 is 0 Å². The number of aryl methyl sites for hydroxylation is 1. The fourth-order valence-corrected chi connectivity index (χ4v) is 7.09. The fraction of sp³-hybridized carbons (Fsp3) is 0.615. The number of thioether (sulfide) groups is 1. The predicted octanol–water partition coefficient (Wildman–Crippen LogP) is 6.18. The second-order valence-electron chi connectivity index (χ2n) is 8.85. The summed E-state index contributed by atoms with van der Waals surface area (Å²) in [6.07, 6.45) is 5.96. The summed E-state index contributed by atoms with van der Waals surface area (Å²) in [7, 11) is 2.01. The molecule has 0 spiro atoms. The van der Waals surface area contributed by atoms with Crippen molar-refractivity contribution in [3.63, 3.8) is 0 Å². The molecule has 0 bridgehead atoms. The van der Waals surface area contributed by atoms with E-state index in [1.54, 1.807) is 0 Å². The third kappa shape index (κ3) is 4.51. The second kappa shape index (κ2) is 10.4. The van der Waals surface area contributed by atoms with E-state index >= 15 is 0 Å². The number of aromatic nitrogens is 1. The van der Waals surface area contributed by atoms with Crippen LogP contribution in [0.2, 0.25) is 0 Å². The number of hydrogen-bond donors (Lipinski definition) is 3. The van der Waals surface area contributed by atoms with Crippen LogP contribution in [-0.4, -0.2) is 35.5 Å². The fourth-order valence-electron chi connectivity index (χ4n) is 5.39. The lowest BCUT2D eigenvalue weighted by atomic mass is 9.80. The number of para-hydroxylation sites is 1. The number of benzene rings is 1. The van der Waals surface area contributed by atoms with E-state index in [1.165, 1.54) is 33.3 Å². The van der Waals surface area contributed by atoms with E-state index in [0.717, 1.165) is 50.8 Å². The van der Waals surface area contributed by atoms with Crippen LogP contribution in [0.3, 0.4) is 0 Å². The molecular formula is C26H40N2OS. The zero-order chi connectivity index (χ0) is 21.7. The predicted molar refractivity (Wildman–Crippen MR) is 132 cm³/mol. The Kier molecular flexibility index (Phi) is 8.11. The molecule has 166 valence electrons. The molecule has 0 radical (unpaired) electrons. The van der Waals surface area contributed by atoms with Crippen molar-refractivity contribution in [3.8, 4) is 0 Å². The minimum atomic E-state index is -0.383. The molecule has 3 unspecified atom stereocenters. The van der Waals surface area contributed by atoms with Crippen LogP contribution in [-0.2, 0) is 11.2 Å². The lowest BCUT2D eigenvalue weighted by molar-refractivity contribution is 0.121. The van der Waals surface area contributed by atoms with Gasteiger partial charge in [0.2, 0.25) is 0 Å². The van der Waals surface area contributed by atoms with Crippen LogP contribution in [0, 0.1) is 5.92 Å². The van der Waals surface area contributed by atoms with E-state index in [-0.39, 0.29) is 16.8 Å². The van der Waals surface area contributed by atoms with Crippen molar-refractivity contribution < 1.29 is 5.11 Å². The molecule has 0 saturated carbocycles. The number of fused-ring (bicyclic) bond motifs is 3. The molecule has 1 aliphatic heterocycles. The third-order valence-corrected chi connectivity index (χ3v) is 8.51. The van der Waals surface area contributed by atoms with E-state index in [0.29, 0.717) is 0 Å². The number of rotatable bonds is 10. The zero-order valence-corrected chi connectivity index (χ0v) is 20.3. The molecule has 3 nitrogen and oxygen atoms in total. The van der Waals surface area contributed by atoms with Crippen molar-refractivity contribution in [2.24, 2.45) is 5.92 Å². The van der Waals surface area contributed by atoms with Gasteiger partial charge in [-0.3, -0.25) is 0 Å². The first-order valence-corrected chi connectivity index (χ1v) is 12.7. The normalized spacial score (nSPS) is 21.9. The number of aromatic amines is 1. The van der Waals surface area contributed by atoms with E-state index in [9.17, 15) is 5.11 Å². The molecule has 0 amide bonds. The molecule has 3 rings (SSSR count). The van der Waals surface area contributed by atoms with Crippen molar-refractivity contribution in [1.82, 2.24) is 10.3 Å². The van der Waals surface area contributed by atoms with Crippen LogP contribution in [0.15, 0.2) is 35.4 Å². The van der Waals surface area contributed by atoms with Crippen molar-refractivity contribution in [1.29, 1.82) is 0 Å². The van der Waals surface area contributed by atoms with E-state index in [4.69, 9.17) is 0 Å². The Hall–Kier alpha value is -1.23. The lowest BCUT2D eigenvalue weighted by Gasteiger charge is -2.41. The van der Waals surface area contributed by atoms with Gasteiger partial charge in [-0.05, 0) is 69.0 Å². The van der Waals surface area contributed by atoms with Crippen molar-refractivity contribution in [2.75, 3.05) is 19.3 Å². The quantitative estimate of drug-likeness (QED) is 0.396. The highest BCUT2D eigenvalue weighted by atomic mass is 32.2. The van der Waals surface area contributed by atoms with Crippen molar-refractivity contribution in [3.05, 3.63) is 46.7 Å². The van der Waals surface area contributed by atoms with Gasteiger partial charge < -0.3 is 15.4 Å². The molecule has 0 fully saturated rings. The van der Waals surface area contributed by atoms with Gasteiger partial charge in [-0.2, -0.15) is 0 Å². The monoisotopic (exact) mass is 428 g/mol. The van der Waals surface area contributed by atoms with Gasteiger partial charge in [0, 0.05) is 29.1 Å². The summed E-state index contributed by atoms with van der Waals surface area (Å²) in [6.45, 7) is 9.69. The summed E-state index contributed by atoms with van der Waals surface area (Å²) in [5.74, 6) is 1.35. The first-order valence-electron chi connectivity index (χ1n) is 11.8. The Bertz CT molecular complexity index is 871. The number of H-pyrrole nitrogens is 1. The summed E-state index contributed by atoms with van der Waals surface area (Å²) in [4.78, 5) is 3.82. The summed E-state index contributed by atoms with van der Waals surface area (Å²) < 4.78 is 0.0445. The first-order chi connectivity index (χ1) is 14.5. The number of allylic oxidation sites excluding steroid dienone is 1. The van der Waals surface area contributed by atoms with Crippen molar-refractivity contribution >= 4 is 22.7 Å². The molecule has 0 aliphatic carbocycles. The Morgan fingerprint density at radius 2 is 2.00 bits per heavy atom.